The Kier molecular flexibility index (Phi) is 6.46. The molecule has 4 nitrogen and oxygen atoms in total. The van der Waals surface area contributed by atoms with E-state index in [4.69, 9.17) is 5.73 Å². The third-order valence-corrected chi connectivity index (χ3v) is 6.14. The zero-order valence-corrected chi connectivity index (χ0v) is 13.5. The van der Waals surface area contributed by atoms with E-state index in [2.05, 4.69) is 18.6 Å². The Morgan fingerprint density at radius 2 is 2.05 bits per heavy atom. The van der Waals surface area contributed by atoms with Crippen LogP contribution >= 0.6 is 11.3 Å². The number of nitrogens with one attached hydrogen (secondary N) is 1. The molecule has 1 aromatic rings. The summed E-state index contributed by atoms with van der Waals surface area (Å²) in [4.78, 5) is 0.931. The van der Waals surface area contributed by atoms with Crippen LogP contribution in [0.4, 0.5) is 0 Å². The first-order valence-electron chi connectivity index (χ1n) is 6.66. The minimum absolute atomic E-state index is 0.370. The molecule has 0 aromatic carbocycles. The van der Waals surface area contributed by atoms with Crippen LogP contribution in [0, 0.1) is 12.8 Å². The fraction of sp³-hybridized carbons (Fsp3) is 0.692. The third-order valence-electron chi connectivity index (χ3n) is 2.95. The standard InChI is InChI=1S/C13H24N2O2S2/c1-10(2)6-4-5-7-15-19(16,17)13-8-11(3)12(9-14)18-13/h8,10,15H,4-7,9,14H2,1-3H3. The van der Waals surface area contributed by atoms with E-state index in [0.29, 0.717) is 23.2 Å². The second-order valence-corrected chi connectivity index (χ2v) is 8.29. The van der Waals surface area contributed by atoms with Gasteiger partial charge in [0.1, 0.15) is 4.21 Å². The van der Waals surface area contributed by atoms with Crippen molar-refractivity contribution in [3.05, 3.63) is 16.5 Å². The molecule has 0 amide bonds. The van der Waals surface area contributed by atoms with Gasteiger partial charge >= 0.3 is 0 Å². The van der Waals surface area contributed by atoms with Crippen LogP contribution in [0.3, 0.4) is 0 Å². The Morgan fingerprint density at radius 1 is 1.37 bits per heavy atom. The minimum atomic E-state index is -3.36. The van der Waals surface area contributed by atoms with E-state index < -0.39 is 10.0 Å². The second kappa shape index (κ2) is 7.38. The summed E-state index contributed by atoms with van der Waals surface area (Å²) < 4.78 is 27.2. The smallest absolute Gasteiger partial charge is 0.250 e. The highest BCUT2D eigenvalue weighted by molar-refractivity contribution is 7.91. The Hall–Kier alpha value is -0.430. The normalized spacial score (nSPS) is 12.3. The van der Waals surface area contributed by atoms with Crippen LogP contribution in [0.5, 0.6) is 0 Å². The summed E-state index contributed by atoms with van der Waals surface area (Å²) in [5.41, 5.74) is 6.52. The van der Waals surface area contributed by atoms with Crippen molar-refractivity contribution in [2.75, 3.05) is 6.54 Å². The molecule has 19 heavy (non-hydrogen) atoms. The molecule has 0 aliphatic heterocycles. The second-order valence-electron chi connectivity index (χ2n) is 5.16. The van der Waals surface area contributed by atoms with Crippen molar-refractivity contribution < 1.29 is 8.42 Å². The number of rotatable bonds is 8. The molecule has 0 bridgehead atoms. The van der Waals surface area contributed by atoms with Crippen molar-refractivity contribution in [3.8, 4) is 0 Å². The number of nitrogens with two attached hydrogens (primary N) is 1. The maximum absolute atomic E-state index is 12.1. The summed E-state index contributed by atoms with van der Waals surface area (Å²) in [6.45, 7) is 7.13. The Morgan fingerprint density at radius 3 is 2.58 bits per heavy atom. The highest BCUT2D eigenvalue weighted by Crippen LogP contribution is 2.25. The van der Waals surface area contributed by atoms with Gasteiger partial charge in [0.25, 0.3) is 0 Å². The molecule has 0 saturated carbocycles. The Bertz CT molecular complexity index is 493. The lowest BCUT2D eigenvalue weighted by Crippen LogP contribution is -2.24. The van der Waals surface area contributed by atoms with Gasteiger partial charge in [-0.2, -0.15) is 0 Å². The monoisotopic (exact) mass is 304 g/mol. The maximum atomic E-state index is 12.1. The predicted molar refractivity (Wildman–Crippen MR) is 80.8 cm³/mol. The molecule has 1 heterocycles. The Labute approximate surface area is 120 Å². The predicted octanol–water partition coefficient (Wildman–Crippen LogP) is 2.62. The molecule has 0 fully saturated rings. The van der Waals surface area contributed by atoms with Gasteiger partial charge in [-0.25, -0.2) is 13.1 Å². The van der Waals surface area contributed by atoms with Crippen LogP contribution in [0.2, 0.25) is 0 Å². The molecule has 3 N–H and O–H groups in total. The molecule has 0 spiro atoms. The molecule has 0 aliphatic carbocycles. The summed E-state index contributed by atoms with van der Waals surface area (Å²) in [6.07, 6.45) is 3.07. The lowest BCUT2D eigenvalue weighted by Gasteiger charge is -2.06. The first-order chi connectivity index (χ1) is 8.86. The first kappa shape index (κ1) is 16.6. The molecule has 0 atom stereocenters. The summed E-state index contributed by atoms with van der Waals surface area (Å²) >= 11 is 1.26. The Balaban J connectivity index is 2.51. The zero-order chi connectivity index (χ0) is 14.5. The summed E-state index contributed by atoms with van der Waals surface area (Å²) in [5.74, 6) is 0.670. The molecule has 1 aromatic heterocycles. The molecule has 6 heteroatoms. The fourth-order valence-electron chi connectivity index (χ4n) is 1.78. The first-order valence-corrected chi connectivity index (χ1v) is 8.96. The summed E-state index contributed by atoms with van der Waals surface area (Å²) in [7, 11) is -3.36. The largest absolute Gasteiger partial charge is 0.326 e. The average molecular weight is 304 g/mol. The van der Waals surface area contributed by atoms with Crippen LogP contribution in [0.1, 0.15) is 43.6 Å². The lowest BCUT2D eigenvalue weighted by atomic mass is 10.1. The van der Waals surface area contributed by atoms with Crippen molar-refractivity contribution in [3.63, 3.8) is 0 Å². The third kappa shape index (κ3) is 5.22. The quantitative estimate of drug-likeness (QED) is 0.725. The molecule has 0 unspecified atom stereocenters. The van der Waals surface area contributed by atoms with Crippen molar-refractivity contribution in [1.82, 2.24) is 4.72 Å². The molecule has 0 saturated heterocycles. The number of hydrogen-bond acceptors (Lipinski definition) is 4. The van der Waals surface area contributed by atoms with E-state index in [-0.39, 0.29) is 0 Å². The summed E-state index contributed by atoms with van der Waals surface area (Å²) in [5, 5.41) is 0. The van der Waals surface area contributed by atoms with Crippen LogP contribution in [0.25, 0.3) is 0 Å². The van der Waals surface area contributed by atoms with Crippen LogP contribution in [-0.4, -0.2) is 15.0 Å². The molecule has 0 radical (unpaired) electrons. The topological polar surface area (TPSA) is 72.2 Å². The van der Waals surface area contributed by atoms with Crippen LogP contribution in [0.15, 0.2) is 10.3 Å². The zero-order valence-electron chi connectivity index (χ0n) is 11.9. The number of aryl methyl sites for hydroxylation is 1. The van der Waals surface area contributed by atoms with Gasteiger partial charge in [0.2, 0.25) is 10.0 Å². The van der Waals surface area contributed by atoms with Gasteiger partial charge < -0.3 is 5.73 Å². The van der Waals surface area contributed by atoms with Crippen molar-refractivity contribution >= 4 is 21.4 Å². The molecular formula is C13H24N2O2S2. The lowest BCUT2D eigenvalue weighted by molar-refractivity contribution is 0.531. The van der Waals surface area contributed by atoms with Crippen molar-refractivity contribution in [2.24, 2.45) is 11.7 Å². The highest BCUT2D eigenvalue weighted by Gasteiger charge is 2.17. The minimum Gasteiger partial charge on any atom is -0.326 e. The fourth-order valence-corrected chi connectivity index (χ4v) is 4.37. The van der Waals surface area contributed by atoms with Crippen molar-refractivity contribution in [1.29, 1.82) is 0 Å². The SMILES string of the molecule is Cc1cc(S(=O)(=O)NCCCCC(C)C)sc1CN. The number of sulfonamides is 1. The van der Waals surface area contributed by atoms with Gasteiger partial charge in [-0.3, -0.25) is 0 Å². The van der Waals surface area contributed by atoms with E-state index in [0.717, 1.165) is 29.7 Å². The van der Waals surface area contributed by atoms with Gasteiger partial charge in [-0.05, 0) is 30.9 Å². The number of unbranched alkanes of at least 4 members (excludes halogenated alkanes) is 1. The van der Waals surface area contributed by atoms with Crippen LogP contribution in [-0.2, 0) is 16.6 Å². The maximum Gasteiger partial charge on any atom is 0.250 e. The van der Waals surface area contributed by atoms with Gasteiger partial charge in [0.05, 0.1) is 0 Å². The number of thiophene rings is 1. The molecular weight excluding hydrogens is 280 g/mol. The van der Waals surface area contributed by atoms with E-state index in [1.165, 1.54) is 11.3 Å². The number of hydrogen-bond donors (Lipinski definition) is 2. The highest BCUT2D eigenvalue weighted by atomic mass is 32.2. The molecule has 110 valence electrons. The molecule has 0 aliphatic rings. The van der Waals surface area contributed by atoms with E-state index >= 15 is 0 Å². The molecule has 1 rings (SSSR count). The van der Waals surface area contributed by atoms with Crippen LogP contribution < -0.4 is 10.5 Å². The van der Waals surface area contributed by atoms with Gasteiger partial charge in [-0.1, -0.05) is 26.7 Å². The average Bonchev–Trinajstić information content (AvgIpc) is 2.70. The van der Waals surface area contributed by atoms with Crippen molar-refractivity contribution in [2.45, 2.75) is 50.8 Å². The van der Waals surface area contributed by atoms with E-state index in [1.54, 1.807) is 6.07 Å². The van der Waals surface area contributed by atoms with Gasteiger partial charge in [-0.15, -0.1) is 11.3 Å². The van der Waals surface area contributed by atoms with E-state index in [1.807, 2.05) is 6.92 Å². The van der Waals surface area contributed by atoms with Gasteiger partial charge in [0, 0.05) is 18.0 Å². The van der Waals surface area contributed by atoms with E-state index in [9.17, 15) is 8.42 Å². The summed E-state index contributed by atoms with van der Waals surface area (Å²) in [6, 6.07) is 1.70. The van der Waals surface area contributed by atoms with Gasteiger partial charge in [0.15, 0.2) is 0 Å².